The highest BCUT2D eigenvalue weighted by Crippen LogP contribution is 2.38. The lowest BCUT2D eigenvalue weighted by Crippen LogP contribution is -2.38. The summed E-state index contributed by atoms with van der Waals surface area (Å²) in [6, 6.07) is 33.9. The van der Waals surface area contributed by atoms with Gasteiger partial charge in [-0.05, 0) is 98.3 Å². The maximum absolute atomic E-state index is 14.2. The van der Waals surface area contributed by atoms with Crippen LogP contribution in [0.25, 0.3) is 11.4 Å². The number of piperidine rings is 1. The molecule has 3 aliphatic rings. The Labute approximate surface area is 403 Å². The monoisotopic (exact) mass is 946 g/mol. The fourth-order valence-electron chi connectivity index (χ4n) is 9.51. The Morgan fingerprint density at radius 3 is 1.85 bits per heavy atom. The summed E-state index contributed by atoms with van der Waals surface area (Å²) in [5, 5.41) is 22.3. The molecule has 5 aromatic carbocycles. The van der Waals surface area contributed by atoms with Crippen LogP contribution in [0.5, 0.6) is 11.5 Å². The van der Waals surface area contributed by atoms with Gasteiger partial charge in [-0.3, -0.25) is 28.7 Å². The van der Waals surface area contributed by atoms with Gasteiger partial charge in [0, 0.05) is 58.0 Å². The van der Waals surface area contributed by atoms with Crippen molar-refractivity contribution in [2.75, 3.05) is 27.3 Å². The molecule has 1 saturated heterocycles. The molecule has 68 heavy (non-hydrogen) atoms. The Kier molecular flexibility index (Phi) is 12.4. The molecule has 0 unspecified atom stereocenters. The van der Waals surface area contributed by atoms with E-state index in [9.17, 15) is 9.59 Å². The number of fused-ring (bicyclic) bond motifs is 6. The molecule has 0 saturated carbocycles. The van der Waals surface area contributed by atoms with Gasteiger partial charge in [0.15, 0.2) is 11.6 Å². The molecule has 0 aliphatic carbocycles. The van der Waals surface area contributed by atoms with Crippen molar-refractivity contribution in [3.63, 3.8) is 0 Å². The normalized spacial score (nSPS) is 16.5. The zero-order chi connectivity index (χ0) is 47.1. The van der Waals surface area contributed by atoms with E-state index in [-0.39, 0.29) is 30.6 Å². The molecule has 1 fully saturated rings. The van der Waals surface area contributed by atoms with Gasteiger partial charge in [0.1, 0.15) is 35.2 Å². The predicted molar refractivity (Wildman–Crippen MR) is 261 cm³/mol. The first-order chi connectivity index (χ1) is 33.0. The number of rotatable bonds is 11. The van der Waals surface area contributed by atoms with Gasteiger partial charge in [-0.1, -0.05) is 71.7 Å². The topological polar surface area (TPSA) is 154 Å². The molecule has 5 heterocycles. The summed E-state index contributed by atoms with van der Waals surface area (Å²) in [6.07, 6.45) is 1.79. The average Bonchev–Trinajstić information content (AvgIpc) is 3.87. The number of amides is 2. The van der Waals surface area contributed by atoms with Crippen molar-refractivity contribution < 1.29 is 19.1 Å². The summed E-state index contributed by atoms with van der Waals surface area (Å²) in [6.45, 7) is 5.35. The SMILES string of the molecule is COc1ccc2c(c1)C(c1ccc(Cl)cc1)=N[C@@H](CC(=O)NCc1cccc(C3CCN(C(=O)C[C@H]4N=C(c5ccc(Cl)cc5)c5ccc(OC)cc5-n5c(C)nnc54)CC3)c1)c1nnc(C)n1-2. The van der Waals surface area contributed by atoms with Crippen LogP contribution in [0.15, 0.2) is 119 Å². The number of halogens is 2. The Balaban J connectivity index is 0.817. The van der Waals surface area contributed by atoms with E-state index in [4.69, 9.17) is 42.7 Å². The third kappa shape index (κ3) is 8.77. The van der Waals surface area contributed by atoms with Crippen molar-refractivity contribution in [3.05, 3.63) is 176 Å². The van der Waals surface area contributed by atoms with Crippen molar-refractivity contribution in [2.24, 2.45) is 9.98 Å². The summed E-state index contributed by atoms with van der Waals surface area (Å²) in [4.78, 5) is 40.5. The quantitative estimate of drug-likeness (QED) is 0.135. The minimum absolute atomic E-state index is 0.00941. The summed E-state index contributed by atoms with van der Waals surface area (Å²) in [7, 11) is 3.26. The van der Waals surface area contributed by atoms with E-state index in [0.717, 1.165) is 57.7 Å². The standard InChI is InChI=1S/C52H48Cl2N10O4/c1-30-58-60-51-43(56-50(35-10-14-38(54)15-11-35)42-25-39(67-3)17-19-45(42)63(30)51)27-47(65)55-29-32-6-5-7-36(24-32)33-20-22-62(23-21-33)48(66)28-44-52-61-59-31(2)64(52)46-26-40(68-4)16-18-41(46)49(57-44)34-8-12-37(53)13-9-34/h5-19,24-26,33,43-44H,20-23,27-29H2,1-4H3,(H,55,65)/t43-,44+/m0/s1. The zero-order valence-electron chi connectivity index (χ0n) is 38.0. The fraction of sp³-hybridized carbons (Fsp3) is 0.269. The number of hydrogen-bond acceptors (Lipinski definition) is 10. The summed E-state index contributed by atoms with van der Waals surface area (Å²) < 4.78 is 15.2. The second kappa shape index (κ2) is 18.8. The number of aryl methyl sites for hydroxylation is 2. The first-order valence-corrected chi connectivity index (χ1v) is 23.3. The second-order valence-corrected chi connectivity index (χ2v) is 18.1. The van der Waals surface area contributed by atoms with Gasteiger partial charge >= 0.3 is 0 Å². The lowest BCUT2D eigenvalue weighted by Gasteiger charge is -2.33. The van der Waals surface area contributed by atoms with Gasteiger partial charge in [0.2, 0.25) is 11.8 Å². The van der Waals surface area contributed by atoms with Crippen molar-refractivity contribution in [2.45, 2.75) is 64.1 Å². The van der Waals surface area contributed by atoms with Gasteiger partial charge in [-0.25, -0.2) is 0 Å². The molecule has 16 heteroatoms. The number of carbonyl (C=O) groups is 2. The van der Waals surface area contributed by atoms with Crippen molar-refractivity contribution in [1.82, 2.24) is 39.7 Å². The summed E-state index contributed by atoms with van der Waals surface area (Å²) in [5.74, 6) is 4.00. The maximum atomic E-state index is 14.2. The van der Waals surface area contributed by atoms with E-state index in [1.807, 2.05) is 125 Å². The highest BCUT2D eigenvalue weighted by molar-refractivity contribution is 6.31. The van der Waals surface area contributed by atoms with Crippen LogP contribution >= 0.6 is 23.2 Å². The van der Waals surface area contributed by atoms with Gasteiger partial charge in [-0.2, -0.15) is 0 Å². The van der Waals surface area contributed by atoms with E-state index >= 15 is 0 Å². The second-order valence-electron chi connectivity index (χ2n) is 17.2. The molecule has 0 bridgehead atoms. The third-order valence-corrected chi connectivity index (χ3v) is 13.5. The Morgan fingerprint density at radius 2 is 1.22 bits per heavy atom. The molecule has 2 aromatic heterocycles. The Bertz CT molecular complexity index is 3120. The van der Waals surface area contributed by atoms with Crippen LogP contribution in [-0.4, -0.2) is 85.0 Å². The van der Waals surface area contributed by atoms with E-state index in [1.54, 1.807) is 14.2 Å². The molecule has 3 aliphatic heterocycles. The molecule has 0 spiro atoms. The lowest BCUT2D eigenvalue weighted by atomic mass is 9.88. The molecule has 344 valence electrons. The van der Waals surface area contributed by atoms with Crippen molar-refractivity contribution in [3.8, 4) is 22.9 Å². The Hall–Kier alpha value is -7.16. The third-order valence-electron chi connectivity index (χ3n) is 13.0. The predicted octanol–water partition coefficient (Wildman–Crippen LogP) is 9.08. The summed E-state index contributed by atoms with van der Waals surface area (Å²) in [5.41, 5.74) is 8.72. The van der Waals surface area contributed by atoms with Crippen LogP contribution in [0.4, 0.5) is 0 Å². The largest absolute Gasteiger partial charge is 0.497 e. The number of ether oxygens (including phenoxy) is 2. The van der Waals surface area contributed by atoms with E-state index in [0.29, 0.717) is 70.2 Å². The average molecular weight is 948 g/mol. The van der Waals surface area contributed by atoms with Gasteiger partial charge in [0.05, 0.1) is 49.9 Å². The number of hydrogen-bond donors (Lipinski definition) is 1. The molecule has 2 atom stereocenters. The molecule has 2 amide bonds. The number of carbonyl (C=O) groups excluding carboxylic acids is 2. The molecule has 1 N–H and O–H groups in total. The minimum Gasteiger partial charge on any atom is -0.497 e. The van der Waals surface area contributed by atoms with Crippen LogP contribution in [0.3, 0.4) is 0 Å². The zero-order valence-corrected chi connectivity index (χ0v) is 39.5. The summed E-state index contributed by atoms with van der Waals surface area (Å²) >= 11 is 12.6. The molecular formula is C52H48Cl2N10O4. The van der Waals surface area contributed by atoms with E-state index < -0.39 is 12.1 Å². The fourth-order valence-corrected chi connectivity index (χ4v) is 9.76. The number of aliphatic imine (C=N–C) groups is 2. The van der Waals surface area contributed by atoms with Crippen LogP contribution in [-0.2, 0) is 16.1 Å². The number of aromatic nitrogens is 6. The highest BCUT2D eigenvalue weighted by Gasteiger charge is 2.34. The van der Waals surface area contributed by atoms with Crippen LogP contribution in [0, 0.1) is 13.8 Å². The van der Waals surface area contributed by atoms with Gasteiger partial charge in [-0.15, -0.1) is 20.4 Å². The number of methoxy groups -OCH3 is 2. The first kappa shape index (κ1) is 44.7. The van der Waals surface area contributed by atoms with Crippen LogP contribution in [0.1, 0.15) is 100 Å². The first-order valence-electron chi connectivity index (χ1n) is 22.6. The van der Waals surface area contributed by atoms with Crippen molar-refractivity contribution >= 4 is 46.4 Å². The Morgan fingerprint density at radius 1 is 0.647 bits per heavy atom. The molecule has 10 rings (SSSR count). The minimum atomic E-state index is -0.623. The van der Waals surface area contributed by atoms with Crippen LogP contribution < -0.4 is 14.8 Å². The van der Waals surface area contributed by atoms with Gasteiger partial charge in [0.25, 0.3) is 0 Å². The maximum Gasteiger partial charge on any atom is 0.225 e. The molecule has 14 nitrogen and oxygen atoms in total. The molecular weight excluding hydrogens is 900 g/mol. The lowest BCUT2D eigenvalue weighted by molar-refractivity contribution is -0.132. The van der Waals surface area contributed by atoms with E-state index in [2.05, 4.69) is 37.8 Å². The van der Waals surface area contributed by atoms with E-state index in [1.165, 1.54) is 5.56 Å². The number of likely N-dealkylation sites (tertiary alicyclic amines) is 1. The smallest absolute Gasteiger partial charge is 0.225 e. The highest BCUT2D eigenvalue weighted by atomic mass is 35.5. The van der Waals surface area contributed by atoms with Crippen LogP contribution in [0.2, 0.25) is 10.0 Å². The number of nitrogens with zero attached hydrogens (tertiary/aromatic N) is 9. The number of benzene rings is 5. The van der Waals surface area contributed by atoms with Crippen molar-refractivity contribution in [1.29, 1.82) is 0 Å². The van der Waals surface area contributed by atoms with Gasteiger partial charge < -0.3 is 19.7 Å². The molecule has 0 radical (unpaired) electrons. The molecule has 7 aromatic rings. The number of nitrogens with one attached hydrogen (secondary N) is 1.